The van der Waals surface area contributed by atoms with Crippen molar-refractivity contribution < 1.29 is 4.74 Å². The van der Waals surface area contributed by atoms with Gasteiger partial charge in [0.25, 0.3) is 0 Å². The lowest BCUT2D eigenvalue weighted by Gasteiger charge is -2.08. The summed E-state index contributed by atoms with van der Waals surface area (Å²) in [7, 11) is 3.44. The van der Waals surface area contributed by atoms with E-state index in [2.05, 4.69) is 37.6 Å². The van der Waals surface area contributed by atoms with Crippen LogP contribution in [0.3, 0.4) is 0 Å². The zero-order valence-corrected chi connectivity index (χ0v) is 12.6. The fraction of sp³-hybridized carbons (Fsp3) is 0.538. The van der Waals surface area contributed by atoms with E-state index in [9.17, 15) is 0 Å². The minimum atomic E-state index is 0.295. The van der Waals surface area contributed by atoms with Crippen LogP contribution in [0, 0.1) is 0 Å². The van der Waals surface area contributed by atoms with Crippen LogP contribution in [0.4, 0.5) is 11.9 Å². The van der Waals surface area contributed by atoms with Gasteiger partial charge in [-0.3, -0.25) is 4.68 Å². The standard InChI is InChI=1S/C13H21N7O/c1-4-7-14-11-16-12(18-13(17-11)21-3)15-8-5-10-6-9-20(2)19-10/h6,9H,4-5,7-8H2,1-3H3,(H2,14,15,16,17,18). The minimum Gasteiger partial charge on any atom is -0.467 e. The van der Waals surface area contributed by atoms with E-state index in [1.54, 1.807) is 4.68 Å². The molecular weight excluding hydrogens is 270 g/mol. The van der Waals surface area contributed by atoms with Crippen LogP contribution in [-0.2, 0) is 13.5 Å². The summed E-state index contributed by atoms with van der Waals surface area (Å²) in [5.41, 5.74) is 1.02. The quantitative estimate of drug-likeness (QED) is 0.752. The third-order valence-corrected chi connectivity index (χ3v) is 2.76. The third-order valence-electron chi connectivity index (χ3n) is 2.76. The second-order valence-electron chi connectivity index (χ2n) is 4.55. The molecule has 0 radical (unpaired) electrons. The molecule has 0 aliphatic heterocycles. The van der Waals surface area contributed by atoms with E-state index in [0.29, 0.717) is 24.5 Å². The van der Waals surface area contributed by atoms with Crippen LogP contribution in [0.5, 0.6) is 6.01 Å². The van der Waals surface area contributed by atoms with Crippen LogP contribution in [-0.4, -0.2) is 44.9 Å². The highest BCUT2D eigenvalue weighted by atomic mass is 16.5. The Kier molecular flexibility index (Phi) is 5.30. The van der Waals surface area contributed by atoms with Crippen LogP contribution in [0.15, 0.2) is 12.3 Å². The normalized spacial score (nSPS) is 10.4. The maximum atomic E-state index is 5.09. The van der Waals surface area contributed by atoms with E-state index in [4.69, 9.17) is 4.74 Å². The molecule has 0 atom stereocenters. The largest absolute Gasteiger partial charge is 0.467 e. The number of anilines is 2. The van der Waals surface area contributed by atoms with Gasteiger partial charge in [0.15, 0.2) is 0 Å². The lowest BCUT2D eigenvalue weighted by atomic mass is 10.3. The molecule has 114 valence electrons. The van der Waals surface area contributed by atoms with Crippen LogP contribution in [0.1, 0.15) is 19.0 Å². The smallest absolute Gasteiger partial charge is 0.322 e. The number of aromatic nitrogens is 5. The summed E-state index contributed by atoms with van der Waals surface area (Å²) < 4.78 is 6.87. The number of aryl methyl sites for hydroxylation is 1. The van der Waals surface area contributed by atoms with Gasteiger partial charge < -0.3 is 15.4 Å². The van der Waals surface area contributed by atoms with Gasteiger partial charge in [-0.25, -0.2) is 0 Å². The average Bonchev–Trinajstić information content (AvgIpc) is 2.90. The summed E-state index contributed by atoms with van der Waals surface area (Å²) in [4.78, 5) is 12.6. The molecule has 8 nitrogen and oxygen atoms in total. The van der Waals surface area contributed by atoms with E-state index >= 15 is 0 Å². The Bertz CT molecular complexity index is 569. The predicted molar refractivity (Wildman–Crippen MR) is 80.6 cm³/mol. The molecule has 0 unspecified atom stereocenters. The Labute approximate surface area is 124 Å². The summed E-state index contributed by atoms with van der Waals surface area (Å²) in [6.07, 6.45) is 3.72. The van der Waals surface area contributed by atoms with Crippen molar-refractivity contribution in [2.24, 2.45) is 7.05 Å². The Morgan fingerprint density at radius 3 is 2.43 bits per heavy atom. The molecule has 2 rings (SSSR count). The van der Waals surface area contributed by atoms with E-state index in [0.717, 1.165) is 25.1 Å². The van der Waals surface area contributed by atoms with Gasteiger partial charge in [0.05, 0.1) is 12.8 Å². The molecule has 0 saturated carbocycles. The molecule has 2 aromatic rings. The molecule has 0 bridgehead atoms. The van der Waals surface area contributed by atoms with Gasteiger partial charge in [0.1, 0.15) is 0 Å². The van der Waals surface area contributed by atoms with Crippen molar-refractivity contribution in [2.75, 3.05) is 30.8 Å². The minimum absolute atomic E-state index is 0.295. The molecule has 21 heavy (non-hydrogen) atoms. The first-order chi connectivity index (χ1) is 10.2. The molecule has 2 heterocycles. The highest BCUT2D eigenvalue weighted by Crippen LogP contribution is 2.10. The van der Waals surface area contributed by atoms with Crippen molar-refractivity contribution in [3.8, 4) is 6.01 Å². The Balaban J connectivity index is 1.94. The Morgan fingerprint density at radius 1 is 1.14 bits per heavy atom. The topological polar surface area (TPSA) is 89.8 Å². The molecule has 0 amide bonds. The second kappa shape index (κ2) is 7.41. The number of hydrogen-bond acceptors (Lipinski definition) is 7. The fourth-order valence-electron chi connectivity index (χ4n) is 1.74. The SMILES string of the molecule is CCCNc1nc(NCCc2ccn(C)n2)nc(OC)n1. The summed E-state index contributed by atoms with van der Waals surface area (Å²) in [5, 5.41) is 10.6. The van der Waals surface area contributed by atoms with Crippen molar-refractivity contribution in [1.29, 1.82) is 0 Å². The molecule has 8 heteroatoms. The molecule has 0 aliphatic rings. The van der Waals surface area contributed by atoms with E-state index in [1.807, 2.05) is 19.3 Å². The second-order valence-corrected chi connectivity index (χ2v) is 4.55. The van der Waals surface area contributed by atoms with Gasteiger partial charge in [0, 0.05) is 32.8 Å². The van der Waals surface area contributed by atoms with Crippen LogP contribution in [0.2, 0.25) is 0 Å². The zero-order chi connectivity index (χ0) is 15.1. The summed E-state index contributed by atoms with van der Waals surface area (Å²) >= 11 is 0. The first kappa shape index (κ1) is 15.0. The fourth-order valence-corrected chi connectivity index (χ4v) is 1.74. The number of ether oxygens (including phenoxy) is 1. The number of nitrogens with zero attached hydrogens (tertiary/aromatic N) is 5. The van der Waals surface area contributed by atoms with Crippen molar-refractivity contribution in [3.63, 3.8) is 0 Å². The lowest BCUT2D eigenvalue weighted by molar-refractivity contribution is 0.379. The van der Waals surface area contributed by atoms with Crippen molar-refractivity contribution in [3.05, 3.63) is 18.0 Å². The van der Waals surface area contributed by atoms with E-state index < -0.39 is 0 Å². The third kappa shape index (κ3) is 4.59. The number of nitrogens with one attached hydrogen (secondary N) is 2. The molecular formula is C13H21N7O. The molecule has 0 aliphatic carbocycles. The molecule has 0 spiro atoms. The van der Waals surface area contributed by atoms with E-state index in [-0.39, 0.29) is 0 Å². The molecule has 0 aromatic carbocycles. The van der Waals surface area contributed by atoms with Crippen LogP contribution < -0.4 is 15.4 Å². The molecule has 2 aromatic heterocycles. The van der Waals surface area contributed by atoms with E-state index in [1.165, 1.54) is 7.11 Å². The Hall–Kier alpha value is -2.38. The maximum absolute atomic E-state index is 5.09. The highest BCUT2D eigenvalue weighted by Gasteiger charge is 2.06. The number of methoxy groups -OCH3 is 1. The maximum Gasteiger partial charge on any atom is 0.322 e. The predicted octanol–water partition coefficient (Wildman–Crippen LogP) is 1.09. The van der Waals surface area contributed by atoms with Gasteiger partial charge in [-0.2, -0.15) is 20.1 Å². The Morgan fingerprint density at radius 2 is 1.86 bits per heavy atom. The monoisotopic (exact) mass is 291 g/mol. The highest BCUT2D eigenvalue weighted by molar-refractivity contribution is 5.35. The van der Waals surface area contributed by atoms with Crippen LogP contribution in [0.25, 0.3) is 0 Å². The lowest BCUT2D eigenvalue weighted by Crippen LogP contribution is -2.12. The van der Waals surface area contributed by atoms with Crippen molar-refractivity contribution in [2.45, 2.75) is 19.8 Å². The first-order valence-electron chi connectivity index (χ1n) is 6.97. The summed E-state index contributed by atoms with van der Waals surface area (Å²) in [5.74, 6) is 1.01. The van der Waals surface area contributed by atoms with Crippen LogP contribution >= 0.6 is 0 Å². The zero-order valence-electron chi connectivity index (χ0n) is 12.6. The van der Waals surface area contributed by atoms with Gasteiger partial charge in [-0.05, 0) is 12.5 Å². The summed E-state index contributed by atoms with van der Waals surface area (Å²) in [6, 6.07) is 2.29. The van der Waals surface area contributed by atoms with Gasteiger partial charge >= 0.3 is 6.01 Å². The van der Waals surface area contributed by atoms with Gasteiger partial charge in [-0.1, -0.05) is 6.92 Å². The van der Waals surface area contributed by atoms with Crippen molar-refractivity contribution in [1.82, 2.24) is 24.7 Å². The number of rotatable bonds is 8. The first-order valence-corrected chi connectivity index (χ1v) is 6.97. The average molecular weight is 291 g/mol. The van der Waals surface area contributed by atoms with Gasteiger partial charge in [0.2, 0.25) is 11.9 Å². The summed E-state index contributed by atoms with van der Waals surface area (Å²) in [6.45, 7) is 3.58. The molecule has 2 N–H and O–H groups in total. The van der Waals surface area contributed by atoms with Crippen molar-refractivity contribution >= 4 is 11.9 Å². The van der Waals surface area contributed by atoms with Gasteiger partial charge in [-0.15, -0.1) is 0 Å². The molecule has 0 saturated heterocycles. The number of hydrogen-bond donors (Lipinski definition) is 2. The molecule has 0 fully saturated rings.